The van der Waals surface area contributed by atoms with Gasteiger partial charge in [-0.05, 0) is 0 Å². The lowest BCUT2D eigenvalue weighted by Gasteiger charge is -2.49. The van der Waals surface area contributed by atoms with Crippen LogP contribution in [-0.2, 0) is 30.6 Å². The summed E-state index contributed by atoms with van der Waals surface area (Å²) in [7, 11) is 2.59. The van der Waals surface area contributed by atoms with Crippen molar-refractivity contribution in [2.24, 2.45) is 5.16 Å². The van der Waals surface area contributed by atoms with Crippen molar-refractivity contribution < 1.29 is 38.5 Å². The SMILES string of the molecule is CO/N=C(\C(=O)N[C@@H]1C(=O)N2C(C(=O)O)=C(C[n+]3ccc(C(=O)NOC)cc3)CS[C@H]12)c1csc(N)n1. The molecule has 2 aliphatic heterocycles. The number of anilines is 1. The number of thioether (sulfide) groups is 1. The monoisotopic (exact) mass is 548 g/mol. The molecular formula is C21H22N7O7S2+. The van der Waals surface area contributed by atoms with Crippen molar-refractivity contribution in [1.29, 1.82) is 0 Å². The van der Waals surface area contributed by atoms with Crippen molar-refractivity contribution in [3.05, 3.63) is 52.4 Å². The molecule has 14 nitrogen and oxygen atoms in total. The molecule has 0 aromatic carbocycles. The normalized spacial score (nSPS) is 19.1. The van der Waals surface area contributed by atoms with Gasteiger partial charge in [0.1, 0.15) is 29.9 Å². The van der Waals surface area contributed by atoms with E-state index in [1.54, 1.807) is 29.1 Å². The molecule has 0 spiro atoms. The molecule has 3 amide bonds. The molecule has 2 aromatic heterocycles. The van der Waals surface area contributed by atoms with Crippen LogP contribution in [0, 0.1) is 0 Å². The standard InChI is InChI=1S/C21H21N7O7S2/c1-34-25-13(12-9-37-21(22)23-12)17(30)24-14-18(31)28-15(20(32)33)11(8-36-19(14)28)7-27-5-3-10(4-6-27)16(29)26-35-2/h3-6,9,14,19H,7-8H2,1-2H3,(H4-,22,23,24,26,29,30,32,33)/p+1/b25-13-/t14-,19-/m1/s1. The molecule has 2 aliphatic rings. The first-order valence-corrected chi connectivity index (χ1v) is 12.5. The van der Waals surface area contributed by atoms with E-state index in [0.29, 0.717) is 16.9 Å². The quantitative estimate of drug-likeness (QED) is 0.132. The van der Waals surface area contributed by atoms with Crippen LogP contribution in [0.3, 0.4) is 0 Å². The Bertz CT molecular complexity index is 1310. The molecule has 4 rings (SSSR count). The lowest BCUT2D eigenvalue weighted by Crippen LogP contribution is -2.71. The number of aromatic nitrogens is 2. The number of hydrogen-bond donors (Lipinski definition) is 4. The number of nitrogen functional groups attached to an aromatic ring is 1. The molecule has 5 N–H and O–H groups in total. The van der Waals surface area contributed by atoms with Gasteiger partial charge in [0.2, 0.25) is 0 Å². The summed E-state index contributed by atoms with van der Waals surface area (Å²) in [6.45, 7) is 0.185. The Hall–Kier alpha value is -4.02. The van der Waals surface area contributed by atoms with E-state index >= 15 is 0 Å². The van der Waals surface area contributed by atoms with E-state index in [1.807, 2.05) is 0 Å². The number of carbonyl (C=O) groups excluding carboxylic acids is 3. The van der Waals surface area contributed by atoms with Gasteiger partial charge in [0.15, 0.2) is 29.8 Å². The average Bonchev–Trinajstić information content (AvgIpc) is 3.31. The van der Waals surface area contributed by atoms with Gasteiger partial charge in [-0.3, -0.25) is 24.1 Å². The third kappa shape index (κ3) is 5.25. The molecule has 0 unspecified atom stereocenters. The van der Waals surface area contributed by atoms with Gasteiger partial charge in [0.05, 0.1) is 12.7 Å². The average molecular weight is 549 g/mol. The fourth-order valence-electron chi connectivity index (χ4n) is 3.79. The van der Waals surface area contributed by atoms with Crippen LogP contribution in [0.2, 0.25) is 0 Å². The zero-order valence-corrected chi connectivity index (χ0v) is 21.2. The Morgan fingerprint density at radius 3 is 2.65 bits per heavy atom. The summed E-state index contributed by atoms with van der Waals surface area (Å²) in [5.41, 5.74) is 8.62. The minimum Gasteiger partial charge on any atom is -0.477 e. The maximum absolute atomic E-state index is 13.0. The zero-order valence-electron chi connectivity index (χ0n) is 19.5. The molecule has 1 saturated heterocycles. The van der Waals surface area contributed by atoms with Crippen molar-refractivity contribution in [2.45, 2.75) is 18.0 Å². The third-order valence-corrected chi connectivity index (χ3v) is 7.43. The summed E-state index contributed by atoms with van der Waals surface area (Å²) in [6.07, 6.45) is 3.24. The number of β-lactam (4-membered cyclic amide) rings is 1. The molecule has 1 fully saturated rings. The largest absolute Gasteiger partial charge is 0.477 e. The molecule has 16 heteroatoms. The first-order valence-electron chi connectivity index (χ1n) is 10.6. The second-order valence-corrected chi connectivity index (χ2v) is 9.70. The minimum absolute atomic E-state index is 0.133. The number of amides is 3. The summed E-state index contributed by atoms with van der Waals surface area (Å²) in [4.78, 5) is 64.4. The number of hydrogen-bond acceptors (Lipinski definition) is 11. The minimum atomic E-state index is -1.25. The molecular weight excluding hydrogens is 526 g/mol. The van der Waals surface area contributed by atoms with Crippen molar-refractivity contribution >= 4 is 57.6 Å². The Balaban J connectivity index is 1.50. The molecule has 4 heterocycles. The maximum Gasteiger partial charge on any atom is 0.352 e. The number of nitrogens with two attached hydrogens (primary N) is 1. The van der Waals surface area contributed by atoms with E-state index in [1.165, 1.54) is 36.3 Å². The fraction of sp³-hybridized carbons (Fsp3) is 0.286. The van der Waals surface area contributed by atoms with E-state index < -0.39 is 35.1 Å². The van der Waals surface area contributed by atoms with E-state index in [2.05, 4.69) is 25.8 Å². The van der Waals surface area contributed by atoms with Crippen molar-refractivity contribution in [1.82, 2.24) is 20.7 Å². The predicted octanol–water partition coefficient (Wildman–Crippen LogP) is -0.907. The number of fused-ring (bicyclic) bond motifs is 1. The highest BCUT2D eigenvalue weighted by molar-refractivity contribution is 8.00. The number of nitrogens with one attached hydrogen (secondary N) is 2. The highest BCUT2D eigenvalue weighted by Crippen LogP contribution is 2.40. The zero-order chi connectivity index (χ0) is 26.7. The number of aliphatic carboxylic acids is 1. The van der Waals surface area contributed by atoms with Gasteiger partial charge in [0, 0.05) is 28.8 Å². The highest BCUT2D eigenvalue weighted by atomic mass is 32.2. The van der Waals surface area contributed by atoms with Crippen molar-refractivity contribution in [3.63, 3.8) is 0 Å². The lowest BCUT2D eigenvalue weighted by atomic mass is 10.0. The van der Waals surface area contributed by atoms with Gasteiger partial charge in [-0.15, -0.1) is 23.1 Å². The van der Waals surface area contributed by atoms with E-state index in [-0.39, 0.29) is 28.8 Å². The van der Waals surface area contributed by atoms with Crippen LogP contribution in [0.1, 0.15) is 16.1 Å². The summed E-state index contributed by atoms with van der Waals surface area (Å²) in [5.74, 6) is -2.64. The first kappa shape index (κ1) is 26.1. The number of thiazole rings is 1. The first-order chi connectivity index (χ1) is 17.7. The molecule has 0 radical (unpaired) electrons. The Labute approximate surface area is 218 Å². The number of nitrogens with zero attached hydrogens (tertiary/aromatic N) is 4. The van der Waals surface area contributed by atoms with Gasteiger partial charge < -0.3 is 21.0 Å². The molecule has 194 valence electrons. The van der Waals surface area contributed by atoms with Crippen LogP contribution >= 0.6 is 23.1 Å². The highest BCUT2D eigenvalue weighted by Gasteiger charge is 2.54. The van der Waals surface area contributed by atoms with Crippen LogP contribution < -0.4 is 21.1 Å². The number of carboxylic acids is 1. The molecule has 0 saturated carbocycles. The number of carboxylic acid groups (broad SMARTS) is 1. The second-order valence-electron chi connectivity index (χ2n) is 7.71. The van der Waals surface area contributed by atoms with Gasteiger partial charge in [-0.2, -0.15) is 0 Å². The number of carbonyl (C=O) groups is 4. The van der Waals surface area contributed by atoms with Crippen LogP contribution in [0.4, 0.5) is 5.13 Å². The summed E-state index contributed by atoms with van der Waals surface area (Å²) in [6, 6.07) is 2.16. The summed E-state index contributed by atoms with van der Waals surface area (Å²) < 4.78 is 1.69. The Kier molecular flexibility index (Phi) is 7.70. The van der Waals surface area contributed by atoms with E-state index in [9.17, 15) is 24.3 Å². The predicted molar refractivity (Wildman–Crippen MR) is 131 cm³/mol. The lowest BCUT2D eigenvalue weighted by molar-refractivity contribution is -0.689. The van der Waals surface area contributed by atoms with Crippen LogP contribution in [-0.4, -0.2) is 75.8 Å². The number of pyridine rings is 1. The Morgan fingerprint density at radius 1 is 1.32 bits per heavy atom. The van der Waals surface area contributed by atoms with Gasteiger partial charge in [0.25, 0.3) is 17.7 Å². The molecule has 2 atom stereocenters. The molecule has 37 heavy (non-hydrogen) atoms. The van der Waals surface area contributed by atoms with Crippen molar-refractivity contribution in [3.8, 4) is 0 Å². The Morgan fingerprint density at radius 2 is 2.05 bits per heavy atom. The topological polar surface area (TPSA) is 189 Å². The summed E-state index contributed by atoms with van der Waals surface area (Å²) in [5, 5.41) is 17.4. The summed E-state index contributed by atoms with van der Waals surface area (Å²) >= 11 is 2.44. The molecule has 0 bridgehead atoms. The smallest absolute Gasteiger partial charge is 0.352 e. The van der Waals surface area contributed by atoms with Crippen molar-refractivity contribution in [2.75, 3.05) is 25.7 Å². The fourth-order valence-corrected chi connectivity index (χ4v) is 5.68. The van der Waals surface area contributed by atoms with E-state index in [0.717, 1.165) is 11.3 Å². The van der Waals surface area contributed by atoms with Crippen LogP contribution in [0.25, 0.3) is 0 Å². The van der Waals surface area contributed by atoms with Gasteiger partial charge in [-0.1, -0.05) is 5.16 Å². The van der Waals surface area contributed by atoms with E-state index in [4.69, 9.17) is 10.6 Å². The van der Waals surface area contributed by atoms with Crippen LogP contribution in [0.5, 0.6) is 0 Å². The van der Waals surface area contributed by atoms with Gasteiger partial charge >= 0.3 is 5.97 Å². The number of hydroxylamine groups is 1. The third-order valence-electron chi connectivity index (χ3n) is 5.42. The number of oxime groups is 1. The molecule has 0 aliphatic carbocycles. The molecule has 2 aromatic rings. The number of rotatable bonds is 9. The van der Waals surface area contributed by atoms with Crippen LogP contribution in [0.15, 0.2) is 46.3 Å². The second kappa shape index (κ2) is 10.9. The van der Waals surface area contributed by atoms with Gasteiger partial charge in [-0.25, -0.2) is 19.8 Å². The maximum atomic E-state index is 13.0.